The van der Waals surface area contributed by atoms with Crippen LogP contribution in [0.15, 0.2) is 40.2 Å². The fourth-order valence-corrected chi connectivity index (χ4v) is 5.99. The van der Waals surface area contributed by atoms with E-state index in [9.17, 15) is 18.8 Å². The van der Waals surface area contributed by atoms with Gasteiger partial charge in [0.25, 0.3) is 5.56 Å². The van der Waals surface area contributed by atoms with E-state index in [1.165, 1.54) is 47.1 Å². The Balaban J connectivity index is 2.03. The Hall–Kier alpha value is -4.15. The number of ether oxygens (including phenoxy) is 2. The number of aryl methyl sites for hydroxylation is 1. The van der Waals surface area contributed by atoms with Crippen molar-refractivity contribution in [2.75, 3.05) is 13.7 Å². The molecule has 11 nitrogen and oxygen atoms in total. The highest BCUT2D eigenvalue weighted by Crippen LogP contribution is 2.34. The Labute approximate surface area is 239 Å². The number of benzene rings is 1. The van der Waals surface area contributed by atoms with E-state index in [1.54, 1.807) is 20.8 Å². The molecule has 0 aliphatic rings. The first-order valence-corrected chi connectivity index (χ1v) is 13.9. The molecule has 0 N–H and O–H groups in total. The van der Waals surface area contributed by atoms with Crippen molar-refractivity contribution in [2.24, 2.45) is 0 Å². The second-order valence-corrected chi connectivity index (χ2v) is 10.9. The summed E-state index contributed by atoms with van der Waals surface area (Å²) in [6.45, 7) is 6.53. The fourth-order valence-electron chi connectivity index (χ4n) is 4.77. The Morgan fingerprint density at radius 1 is 1.24 bits per heavy atom. The van der Waals surface area contributed by atoms with Gasteiger partial charge in [-0.3, -0.25) is 14.2 Å². The Morgan fingerprint density at radius 3 is 2.59 bits per heavy atom. The molecule has 0 amide bonds. The number of methoxy groups -OCH3 is 1. The average molecular weight is 583 g/mol. The summed E-state index contributed by atoms with van der Waals surface area (Å²) in [6, 6.07) is 5.96. The van der Waals surface area contributed by atoms with Gasteiger partial charge in [0, 0.05) is 17.5 Å². The number of carbonyl (C=O) groups excluding carboxylic acids is 1. The lowest BCUT2D eigenvalue weighted by atomic mass is 9.95. The lowest BCUT2D eigenvalue weighted by molar-refractivity contribution is -0.126. The first kappa shape index (κ1) is 29.8. The van der Waals surface area contributed by atoms with E-state index >= 15 is 0 Å². The smallest absolute Gasteiger partial charge is 0.333 e. The normalized spacial score (nSPS) is 12.4. The summed E-state index contributed by atoms with van der Waals surface area (Å²) in [5, 5.41) is 18.2. The van der Waals surface area contributed by atoms with Crippen LogP contribution in [-0.2, 0) is 21.6 Å². The maximum atomic E-state index is 14.4. The molecular weight excluding hydrogens is 551 g/mol. The molecule has 0 fully saturated rings. The van der Waals surface area contributed by atoms with Crippen molar-refractivity contribution in [3.8, 4) is 16.8 Å². The quantitative estimate of drug-likeness (QED) is 0.229. The number of hydrogen-bond donors (Lipinski definition) is 0. The average Bonchev–Trinajstić information content (AvgIpc) is 3.58. The lowest BCUT2D eigenvalue weighted by Gasteiger charge is -2.27. The molecule has 3 aromatic heterocycles. The van der Waals surface area contributed by atoms with Crippen molar-refractivity contribution in [3.63, 3.8) is 0 Å². The van der Waals surface area contributed by atoms with E-state index < -0.39 is 28.7 Å². The minimum Gasteiger partial charge on any atom is -0.496 e. The zero-order chi connectivity index (χ0) is 29.9. The molecule has 41 heavy (non-hydrogen) atoms. The number of carbonyl (C=O) groups is 1. The largest absolute Gasteiger partial charge is 0.496 e. The van der Waals surface area contributed by atoms with Crippen molar-refractivity contribution in [3.05, 3.63) is 68.4 Å². The standard InChI is InChI=1S/C28H31FN6O5S/c1-6-8-22(36)28(3,4)34-24(37)23-17(2)25(35-31-12-13-32-35)41-26(23)33(27(34)38)16-21(40-14-7-11-30)19-15-18(29)9-10-20(19)39-5/h9-10,12-13,15,21H,6-8,14,16H2,1-5H3/t21-/m0/s1. The predicted octanol–water partition coefficient (Wildman–Crippen LogP) is 4.04. The molecule has 216 valence electrons. The van der Waals surface area contributed by atoms with Gasteiger partial charge in [-0.2, -0.15) is 15.5 Å². The molecule has 1 aromatic carbocycles. The number of Topliss-reactive ketones (excluding diaryl/α,β-unsaturated/α-hetero) is 1. The van der Waals surface area contributed by atoms with Gasteiger partial charge in [-0.25, -0.2) is 13.8 Å². The second kappa shape index (κ2) is 12.2. The number of nitriles is 1. The van der Waals surface area contributed by atoms with Crippen molar-refractivity contribution >= 4 is 27.3 Å². The van der Waals surface area contributed by atoms with E-state index in [-0.39, 0.29) is 37.2 Å². The molecule has 0 aliphatic carbocycles. The number of halogens is 1. The molecule has 4 aromatic rings. The molecule has 4 rings (SSSR count). The first-order chi connectivity index (χ1) is 19.6. The van der Waals surface area contributed by atoms with Crippen LogP contribution in [0.25, 0.3) is 15.2 Å². The summed E-state index contributed by atoms with van der Waals surface area (Å²) >= 11 is 1.14. The molecule has 0 saturated heterocycles. The van der Waals surface area contributed by atoms with E-state index in [2.05, 4.69) is 10.2 Å². The number of aromatic nitrogens is 5. The van der Waals surface area contributed by atoms with Gasteiger partial charge < -0.3 is 9.47 Å². The van der Waals surface area contributed by atoms with Crippen LogP contribution < -0.4 is 16.0 Å². The first-order valence-electron chi connectivity index (χ1n) is 13.1. The van der Waals surface area contributed by atoms with Gasteiger partial charge >= 0.3 is 5.69 Å². The van der Waals surface area contributed by atoms with Gasteiger partial charge in [-0.05, 0) is 45.4 Å². The molecule has 0 bridgehead atoms. The Kier molecular flexibility index (Phi) is 8.84. The second-order valence-electron chi connectivity index (χ2n) is 9.95. The summed E-state index contributed by atoms with van der Waals surface area (Å²) in [4.78, 5) is 43.1. The van der Waals surface area contributed by atoms with Gasteiger partial charge in [0.05, 0.1) is 50.5 Å². The lowest BCUT2D eigenvalue weighted by Crippen LogP contribution is -2.52. The maximum Gasteiger partial charge on any atom is 0.333 e. The maximum absolute atomic E-state index is 14.4. The van der Waals surface area contributed by atoms with E-state index in [1.807, 2.05) is 13.0 Å². The predicted molar refractivity (Wildman–Crippen MR) is 151 cm³/mol. The summed E-state index contributed by atoms with van der Waals surface area (Å²) in [7, 11) is 1.43. The van der Waals surface area contributed by atoms with Crippen LogP contribution in [0.4, 0.5) is 4.39 Å². The molecule has 3 heterocycles. The molecule has 1 atom stereocenters. The highest BCUT2D eigenvalue weighted by molar-refractivity contribution is 7.21. The van der Waals surface area contributed by atoms with E-state index in [4.69, 9.17) is 14.7 Å². The van der Waals surface area contributed by atoms with Gasteiger partial charge in [-0.1, -0.05) is 18.3 Å². The molecule has 0 aliphatic heterocycles. The van der Waals surface area contributed by atoms with Crippen molar-refractivity contribution < 1.29 is 18.7 Å². The number of ketones is 1. The van der Waals surface area contributed by atoms with Crippen LogP contribution in [0.2, 0.25) is 0 Å². The number of rotatable bonds is 12. The van der Waals surface area contributed by atoms with E-state index in [0.717, 1.165) is 15.9 Å². The molecule has 13 heteroatoms. The highest BCUT2D eigenvalue weighted by atomic mass is 32.1. The minimum atomic E-state index is -1.45. The SMILES string of the molecule is CCCC(=O)C(C)(C)n1c(=O)c2c(C)c(-n3nccn3)sc2n(C[C@H](OCCC#N)c2cc(F)ccc2OC)c1=O. The molecule has 0 unspecified atom stereocenters. The Bertz CT molecular complexity index is 1730. The minimum absolute atomic E-state index is 0.00473. The van der Waals surface area contributed by atoms with Gasteiger partial charge in [0.2, 0.25) is 0 Å². The van der Waals surface area contributed by atoms with Crippen LogP contribution in [0, 0.1) is 24.1 Å². The number of nitrogens with zero attached hydrogens (tertiary/aromatic N) is 6. The third kappa shape index (κ3) is 5.57. The van der Waals surface area contributed by atoms with Gasteiger partial charge in [0.15, 0.2) is 5.78 Å². The summed E-state index contributed by atoms with van der Waals surface area (Å²) in [5.74, 6) is -0.476. The van der Waals surface area contributed by atoms with Crippen LogP contribution in [0.5, 0.6) is 5.75 Å². The topological polar surface area (TPSA) is 134 Å². The number of thiophene rings is 1. The van der Waals surface area contributed by atoms with Crippen LogP contribution in [-0.4, -0.2) is 43.6 Å². The zero-order valence-electron chi connectivity index (χ0n) is 23.5. The number of fused-ring (bicyclic) bond motifs is 1. The van der Waals surface area contributed by atoms with Crippen LogP contribution in [0.3, 0.4) is 0 Å². The summed E-state index contributed by atoms with van der Waals surface area (Å²) in [6.07, 6.45) is 2.85. The van der Waals surface area contributed by atoms with Crippen molar-refractivity contribution in [1.82, 2.24) is 24.1 Å². The van der Waals surface area contributed by atoms with Crippen LogP contribution >= 0.6 is 11.3 Å². The van der Waals surface area contributed by atoms with Gasteiger partial charge in [-0.15, -0.1) is 4.80 Å². The van der Waals surface area contributed by atoms with Crippen molar-refractivity contribution in [2.45, 2.75) is 65.1 Å². The molecule has 0 saturated carbocycles. The van der Waals surface area contributed by atoms with Crippen LogP contribution in [0.1, 0.15) is 57.3 Å². The van der Waals surface area contributed by atoms with E-state index in [0.29, 0.717) is 33.1 Å². The molecule has 0 radical (unpaired) electrons. The van der Waals surface area contributed by atoms with Crippen molar-refractivity contribution in [1.29, 1.82) is 5.26 Å². The van der Waals surface area contributed by atoms with Gasteiger partial charge in [0.1, 0.15) is 33.0 Å². The zero-order valence-corrected chi connectivity index (χ0v) is 24.3. The third-order valence-electron chi connectivity index (χ3n) is 6.93. The number of hydrogen-bond acceptors (Lipinski definition) is 9. The monoisotopic (exact) mass is 582 g/mol. The molecular formula is C28H31FN6O5S. The Morgan fingerprint density at radius 2 is 1.95 bits per heavy atom. The summed E-state index contributed by atoms with van der Waals surface area (Å²) < 4.78 is 28.2. The molecule has 0 spiro atoms. The fraction of sp³-hybridized carbons (Fsp3) is 0.429. The third-order valence-corrected chi connectivity index (χ3v) is 8.21. The summed E-state index contributed by atoms with van der Waals surface area (Å²) in [5.41, 5.74) is -1.91. The highest BCUT2D eigenvalue weighted by Gasteiger charge is 2.35.